The van der Waals surface area contributed by atoms with Crippen molar-refractivity contribution in [2.45, 2.75) is 13.8 Å². The monoisotopic (exact) mass is 333 g/mol. The van der Waals surface area contributed by atoms with Gasteiger partial charge in [-0.15, -0.1) is 11.3 Å². The lowest BCUT2D eigenvalue weighted by Crippen LogP contribution is -1.81. The van der Waals surface area contributed by atoms with Crippen molar-refractivity contribution in [3.05, 3.63) is 51.4 Å². The van der Waals surface area contributed by atoms with Crippen molar-refractivity contribution in [1.82, 2.24) is 5.16 Å². The number of thiophene rings is 1. The number of aromatic nitrogens is 1. The Kier molecular flexibility index (Phi) is 3.29. The van der Waals surface area contributed by atoms with Crippen molar-refractivity contribution < 1.29 is 4.52 Å². The van der Waals surface area contributed by atoms with Crippen LogP contribution in [0.3, 0.4) is 0 Å². The highest BCUT2D eigenvalue weighted by Crippen LogP contribution is 2.38. The molecule has 0 amide bonds. The molecule has 0 saturated carbocycles. The SMILES string of the molecule is Cc1csc(-c2onc(C)c2-c2ccc(Br)cc2)c1. The van der Waals surface area contributed by atoms with Crippen LogP contribution in [0.4, 0.5) is 0 Å². The third kappa shape index (κ3) is 2.38. The maximum absolute atomic E-state index is 5.53. The first-order valence-corrected chi connectivity index (χ1v) is 7.60. The minimum atomic E-state index is 0.859. The molecule has 19 heavy (non-hydrogen) atoms. The van der Waals surface area contributed by atoms with Crippen LogP contribution in [0.15, 0.2) is 44.7 Å². The van der Waals surface area contributed by atoms with E-state index in [0.717, 1.165) is 31.9 Å². The summed E-state index contributed by atoms with van der Waals surface area (Å²) in [4.78, 5) is 1.12. The van der Waals surface area contributed by atoms with Crippen LogP contribution in [0.2, 0.25) is 0 Å². The average molecular weight is 334 g/mol. The number of hydrogen-bond donors (Lipinski definition) is 0. The molecule has 0 radical (unpaired) electrons. The van der Waals surface area contributed by atoms with Gasteiger partial charge in [0.2, 0.25) is 0 Å². The molecule has 3 rings (SSSR count). The van der Waals surface area contributed by atoms with Gasteiger partial charge in [-0.2, -0.15) is 0 Å². The van der Waals surface area contributed by atoms with E-state index in [1.54, 1.807) is 11.3 Å². The predicted molar refractivity (Wildman–Crippen MR) is 82.4 cm³/mol. The minimum absolute atomic E-state index is 0.859. The average Bonchev–Trinajstić information content (AvgIpc) is 2.97. The van der Waals surface area contributed by atoms with Gasteiger partial charge >= 0.3 is 0 Å². The van der Waals surface area contributed by atoms with Crippen molar-refractivity contribution in [1.29, 1.82) is 0 Å². The van der Waals surface area contributed by atoms with Gasteiger partial charge in [0.05, 0.1) is 16.1 Å². The topological polar surface area (TPSA) is 26.0 Å². The highest BCUT2D eigenvalue weighted by molar-refractivity contribution is 9.10. The molecule has 0 saturated heterocycles. The fourth-order valence-electron chi connectivity index (χ4n) is 2.04. The maximum atomic E-state index is 5.53. The number of benzene rings is 1. The minimum Gasteiger partial charge on any atom is -0.354 e. The van der Waals surface area contributed by atoms with Crippen molar-refractivity contribution in [3.8, 4) is 21.8 Å². The molecular weight excluding hydrogens is 322 g/mol. The van der Waals surface area contributed by atoms with Crippen LogP contribution >= 0.6 is 27.3 Å². The van der Waals surface area contributed by atoms with Gasteiger partial charge in [-0.05, 0) is 48.6 Å². The van der Waals surface area contributed by atoms with Crippen LogP contribution in [-0.4, -0.2) is 5.16 Å². The summed E-state index contributed by atoms with van der Waals surface area (Å²) in [7, 11) is 0. The largest absolute Gasteiger partial charge is 0.354 e. The fraction of sp³-hybridized carbons (Fsp3) is 0.133. The van der Waals surface area contributed by atoms with Crippen molar-refractivity contribution in [2.24, 2.45) is 0 Å². The van der Waals surface area contributed by atoms with Crippen LogP contribution in [0.1, 0.15) is 11.3 Å². The molecule has 0 aliphatic rings. The zero-order chi connectivity index (χ0) is 13.4. The van der Waals surface area contributed by atoms with Gasteiger partial charge in [0.1, 0.15) is 0 Å². The molecule has 2 heterocycles. The van der Waals surface area contributed by atoms with E-state index in [4.69, 9.17) is 4.52 Å². The number of halogens is 1. The van der Waals surface area contributed by atoms with Gasteiger partial charge in [-0.3, -0.25) is 0 Å². The van der Waals surface area contributed by atoms with E-state index in [1.807, 2.05) is 19.1 Å². The van der Waals surface area contributed by atoms with Crippen molar-refractivity contribution >= 4 is 27.3 Å². The number of aryl methyl sites for hydroxylation is 2. The van der Waals surface area contributed by atoms with Crippen LogP contribution in [0.5, 0.6) is 0 Å². The highest BCUT2D eigenvalue weighted by atomic mass is 79.9. The molecular formula is C15H12BrNOS. The third-order valence-electron chi connectivity index (χ3n) is 2.95. The Morgan fingerprint density at radius 3 is 2.53 bits per heavy atom. The first kappa shape index (κ1) is 12.6. The molecule has 4 heteroatoms. The molecule has 2 nitrogen and oxygen atoms in total. The molecule has 0 bridgehead atoms. The molecule has 0 unspecified atom stereocenters. The first-order chi connectivity index (χ1) is 9.15. The predicted octanol–water partition coefficient (Wildman–Crippen LogP) is 5.45. The second-order valence-electron chi connectivity index (χ2n) is 4.47. The second-order valence-corrected chi connectivity index (χ2v) is 6.29. The Hall–Kier alpha value is -1.39. The quantitative estimate of drug-likeness (QED) is 0.623. The number of nitrogens with zero attached hydrogens (tertiary/aromatic N) is 1. The first-order valence-electron chi connectivity index (χ1n) is 5.93. The van der Waals surface area contributed by atoms with E-state index in [1.165, 1.54) is 5.56 Å². The normalized spacial score (nSPS) is 10.9. The van der Waals surface area contributed by atoms with Crippen LogP contribution < -0.4 is 0 Å². The smallest absolute Gasteiger partial charge is 0.184 e. The maximum Gasteiger partial charge on any atom is 0.184 e. The summed E-state index contributed by atoms with van der Waals surface area (Å²) in [6.07, 6.45) is 0. The summed E-state index contributed by atoms with van der Waals surface area (Å²) in [5.41, 5.74) is 4.37. The third-order valence-corrected chi connectivity index (χ3v) is 4.53. The van der Waals surface area contributed by atoms with Gasteiger partial charge in [-0.25, -0.2) is 0 Å². The zero-order valence-corrected chi connectivity index (χ0v) is 13.0. The molecule has 96 valence electrons. The molecule has 0 fully saturated rings. The van der Waals surface area contributed by atoms with Crippen molar-refractivity contribution in [3.63, 3.8) is 0 Å². The molecule has 0 N–H and O–H groups in total. The van der Waals surface area contributed by atoms with Gasteiger partial charge in [0.25, 0.3) is 0 Å². The number of hydrogen-bond acceptors (Lipinski definition) is 3. The Bertz CT molecular complexity index is 712. The lowest BCUT2D eigenvalue weighted by molar-refractivity contribution is 0.428. The lowest BCUT2D eigenvalue weighted by Gasteiger charge is -2.01. The Labute approximate surface area is 124 Å². The van der Waals surface area contributed by atoms with E-state index in [-0.39, 0.29) is 0 Å². The molecule has 0 aliphatic heterocycles. The summed E-state index contributed by atoms with van der Waals surface area (Å²) in [5.74, 6) is 0.859. The van der Waals surface area contributed by atoms with E-state index in [2.05, 4.69) is 51.6 Å². The highest BCUT2D eigenvalue weighted by Gasteiger charge is 2.17. The van der Waals surface area contributed by atoms with Crippen LogP contribution in [0.25, 0.3) is 21.8 Å². The summed E-state index contributed by atoms with van der Waals surface area (Å²) < 4.78 is 6.60. The summed E-state index contributed by atoms with van der Waals surface area (Å²) >= 11 is 5.14. The lowest BCUT2D eigenvalue weighted by atomic mass is 10.0. The zero-order valence-electron chi connectivity index (χ0n) is 10.6. The summed E-state index contributed by atoms with van der Waals surface area (Å²) in [6, 6.07) is 10.4. The van der Waals surface area contributed by atoms with E-state index >= 15 is 0 Å². The molecule has 3 aromatic rings. The standard InChI is InChI=1S/C15H12BrNOS/c1-9-7-13(19-8-9)15-14(10(2)17-18-15)11-3-5-12(16)6-4-11/h3-8H,1-2H3. The molecule has 0 spiro atoms. The van der Waals surface area contributed by atoms with Crippen LogP contribution in [0, 0.1) is 13.8 Å². The Morgan fingerprint density at radius 1 is 1.16 bits per heavy atom. The summed E-state index contributed by atoms with van der Waals surface area (Å²) in [6.45, 7) is 4.06. The second kappa shape index (κ2) is 4.94. The van der Waals surface area contributed by atoms with Crippen LogP contribution in [-0.2, 0) is 0 Å². The number of rotatable bonds is 2. The van der Waals surface area contributed by atoms with Gasteiger partial charge in [0.15, 0.2) is 5.76 Å². The van der Waals surface area contributed by atoms with Crippen molar-refractivity contribution in [2.75, 3.05) is 0 Å². The van der Waals surface area contributed by atoms with Gasteiger partial charge < -0.3 is 4.52 Å². The Morgan fingerprint density at radius 2 is 1.89 bits per heavy atom. The summed E-state index contributed by atoms with van der Waals surface area (Å²) in [5, 5.41) is 6.24. The molecule has 2 aromatic heterocycles. The molecule has 0 atom stereocenters. The van der Waals surface area contributed by atoms with Gasteiger partial charge in [-0.1, -0.05) is 33.2 Å². The Balaban J connectivity index is 2.16. The van der Waals surface area contributed by atoms with E-state index in [0.29, 0.717) is 0 Å². The van der Waals surface area contributed by atoms with Gasteiger partial charge in [0, 0.05) is 4.47 Å². The molecule has 1 aromatic carbocycles. The molecule has 0 aliphatic carbocycles. The van der Waals surface area contributed by atoms with E-state index in [9.17, 15) is 0 Å². The fourth-order valence-corrected chi connectivity index (χ4v) is 3.19. The van der Waals surface area contributed by atoms with E-state index < -0.39 is 0 Å².